The van der Waals surface area contributed by atoms with Crippen molar-refractivity contribution in [3.8, 4) is 0 Å². The monoisotopic (exact) mass is 341 g/mol. The van der Waals surface area contributed by atoms with Gasteiger partial charge in [-0.25, -0.2) is 4.89 Å². The molecule has 4 saturated carbocycles. The number of nitrogens with two attached hydrogens (primary N) is 1. The van der Waals surface area contributed by atoms with Crippen molar-refractivity contribution in [1.82, 2.24) is 0 Å². The van der Waals surface area contributed by atoms with Crippen LogP contribution in [-0.4, -0.2) is 12.7 Å². The van der Waals surface area contributed by atoms with E-state index in [0.29, 0.717) is 11.8 Å². The second kappa shape index (κ2) is 5.09. The van der Waals surface area contributed by atoms with Gasteiger partial charge < -0.3 is 10.5 Å². The Morgan fingerprint density at radius 3 is 2.24 bits per heavy atom. The van der Waals surface area contributed by atoms with Gasteiger partial charge in [0.05, 0.1) is 0 Å². The summed E-state index contributed by atoms with van der Waals surface area (Å²) in [5.74, 6) is 1.82. The first-order chi connectivity index (χ1) is 12.1. The smallest absolute Gasteiger partial charge is 0.262 e. The molecule has 1 unspecified atom stereocenters. The molecule has 1 aliphatic heterocycles. The lowest BCUT2D eigenvalue weighted by atomic mass is 9.47. The summed E-state index contributed by atoms with van der Waals surface area (Å²) in [6, 6.07) is 4.10. The third kappa shape index (κ3) is 1.73. The van der Waals surface area contributed by atoms with Crippen LogP contribution in [0.15, 0.2) is 18.7 Å². The van der Waals surface area contributed by atoms with E-state index in [2.05, 4.69) is 12.6 Å². The molecule has 1 heterocycles. The van der Waals surface area contributed by atoms with Crippen molar-refractivity contribution >= 4 is 11.8 Å². The quantitative estimate of drug-likeness (QED) is 0.662. The number of anilines is 1. The Morgan fingerprint density at radius 2 is 1.76 bits per heavy atom. The van der Waals surface area contributed by atoms with Crippen molar-refractivity contribution in [3.63, 3.8) is 0 Å². The Hall–Kier alpha value is -1.36. The first-order valence-electron chi connectivity index (χ1n) is 9.49. The molecule has 5 aliphatic rings. The van der Waals surface area contributed by atoms with Gasteiger partial charge in [-0.05, 0) is 73.8 Å². The summed E-state index contributed by atoms with van der Waals surface area (Å²) < 4.78 is 6.10. The zero-order valence-corrected chi connectivity index (χ0v) is 15.1. The Labute approximate surface area is 149 Å². The van der Waals surface area contributed by atoms with E-state index in [1.807, 2.05) is 19.1 Å². The van der Waals surface area contributed by atoms with Crippen LogP contribution in [0.4, 0.5) is 5.69 Å². The lowest BCUT2D eigenvalue weighted by Gasteiger charge is -2.68. The van der Waals surface area contributed by atoms with E-state index in [1.165, 1.54) is 32.1 Å². The van der Waals surface area contributed by atoms with Crippen molar-refractivity contribution < 1.29 is 14.5 Å². The Morgan fingerprint density at radius 1 is 1.12 bits per heavy atom. The Kier molecular flexibility index (Phi) is 3.23. The van der Waals surface area contributed by atoms with Gasteiger partial charge in [0.25, 0.3) is 5.79 Å². The van der Waals surface area contributed by atoms with Crippen LogP contribution < -0.4 is 5.73 Å². The first kappa shape index (κ1) is 15.9. The number of benzene rings is 1. The van der Waals surface area contributed by atoms with Crippen molar-refractivity contribution in [2.45, 2.75) is 50.4 Å². The van der Waals surface area contributed by atoms with Crippen LogP contribution >= 0.6 is 0 Å². The largest absolute Gasteiger partial charge is 0.398 e. The lowest BCUT2D eigenvalue weighted by molar-refractivity contribution is -0.645. The van der Waals surface area contributed by atoms with Gasteiger partial charge in [0.2, 0.25) is 0 Å². The Balaban J connectivity index is 1.65. The van der Waals surface area contributed by atoms with Crippen LogP contribution in [0.3, 0.4) is 0 Å². The van der Waals surface area contributed by atoms with E-state index in [0.717, 1.165) is 34.2 Å². The van der Waals surface area contributed by atoms with Gasteiger partial charge in [-0.2, -0.15) is 4.89 Å². The summed E-state index contributed by atoms with van der Waals surface area (Å²) in [7, 11) is 1.73. The molecule has 0 radical (unpaired) electrons. The molecule has 4 heteroatoms. The van der Waals surface area contributed by atoms with Gasteiger partial charge >= 0.3 is 0 Å². The second-order valence-electron chi connectivity index (χ2n) is 8.53. The molecule has 1 atom stereocenters. The van der Waals surface area contributed by atoms with E-state index in [4.69, 9.17) is 20.2 Å². The summed E-state index contributed by atoms with van der Waals surface area (Å²) in [5, 5.41) is 0. The van der Waals surface area contributed by atoms with Crippen LogP contribution in [0.25, 0.3) is 6.08 Å². The molecular weight excluding hydrogens is 314 g/mol. The van der Waals surface area contributed by atoms with Crippen molar-refractivity contribution in [2.75, 3.05) is 12.8 Å². The summed E-state index contributed by atoms with van der Waals surface area (Å²) >= 11 is 0. The van der Waals surface area contributed by atoms with Gasteiger partial charge in [-0.3, -0.25) is 0 Å². The minimum Gasteiger partial charge on any atom is -0.398 e. The molecule has 1 spiro atoms. The van der Waals surface area contributed by atoms with E-state index < -0.39 is 5.79 Å². The Bertz CT molecular complexity index is 711. The van der Waals surface area contributed by atoms with Crippen molar-refractivity contribution in [3.05, 3.63) is 35.4 Å². The minimum atomic E-state index is -0.885. The maximum atomic E-state index is 6.54. The summed E-state index contributed by atoms with van der Waals surface area (Å²) in [6.07, 6.45) is 8.15. The molecule has 134 valence electrons. The highest BCUT2D eigenvalue weighted by atomic mass is 17.3. The normalized spacial score (nSPS) is 44.1. The third-order valence-corrected chi connectivity index (χ3v) is 7.58. The minimum absolute atomic E-state index is 0.384. The summed E-state index contributed by atoms with van der Waals surface area (Å²) in [4.78, 5) is 11.8. The molecule has 4 bridgehead atoms. The zero-order valence-electron chi connectivity index (χ0n) is 15.1. The van der Waals surface area contributed by atoms with E-state index in [-0.39, 0.29) is 5.60 Å². The highest BCUT2D eigenvalue weighted by Crippen LogP contribution is 2.69. The van der Waals surface area contributed by atoms with Crippen molar-refractivity contribution in [2.24, 2.45) is 23.7 Å². The van der Waals surface area contributed by atoms with Gasteiger partial charge in [-0.15, -0.1) is 0 Å². The molecule has 0 amide bonds. The predicted octanol–water partition coefficient (Wildman–Crippen LogP) is 4.18. The number of rotatable bonds is 3. The number of ether oxygens (including phenoxy) is 1. The predicted molar refractivity (Wildman–Crippen MR) is 96.3 cm³/mol. The maximum absolute atomic E-state index is 6.54. The second-order valence-corrected chi connectivity index (χ2v) is 8.53. The molecule has 4 aliphatic carbocycles. The molecule has 2 N–H and O–H groups in total. The van der Waals surface area contributed by atoms with E-state index >= 15 is 0 Å². The SMILES string of the molecule is C=Cc1ccc(C2(OC)OOC23C2CC4CC(C2)CC3C4)c(N)c1C. The molecule has 1 aromatic rings. The molecule has 25 heavy (non-hydrogen) atoms. The molecule has 0 aromatic heterocycles. The average Bonchev–Trinajstić information content (AvgIpc) is 2.58. The summed E-state index contributed by atoms with van der Waals surface area (Å²) in [6.45, 7) is 5.91. The fourth-order valence-electron chi connectivity index (χ4n) is 6.58. The molecular formula is C21H27NO3. The van der Waals surface area contributed by atoms with Crippen LogP contribution in [0.5, 0.6) is 0 Å². The van der Waals surface area contributed by atoms with Crippen LogP contribution in [-0.2, 0) is 20.3 Å². The van der Waals surface area contributed by atoms with Gasteiger partial charge in [0.15, 0.2) is 5.60 Å². The zero-order chi connectivity index (χ0) is 17.4. The number of nitrogen functional groups attached to an aromatic ring is 1. The number of methoxy groups -OCH3 is 1. The highest BCUT2D eigenvalue weighted by molar-refractivity contribution is 5.66. The fraction of sp³-hybridized carbons (Fsp3) is 0.619. The molecule has 4 nitrogen and oxygen atoms in total. The van der Waals surface area contributed by atoms with Gasteiger partial charge in [0, 0.05) is 18.4 Å². The molecule has 5 fully saturated rings. The van der Waals surface area contributed by atoms with Gasteiger partial charge in [-0.1, -0.05) is 24.8 Å². The van der Waals surface area contributed by atoms with Gasteiger partial charge in [0.1, 0.15) is 0 Å². The highest BCUT2D eigenvalue weighted by Gasteiger charge is 2.76. The lowest BCUT2D eigenvalue weighted by Crippen LogP contribution is -2.76. The summed E-state index contributed by atoms with van der Waals surface area (Å²) in [5.41, 5.74) is 9.88. The van der Waals surface area contributed by atoms with Crippen LogP contribution in [0.2, 0.25) is 0 Å². The molecule has 1 saturated heterocycles. The van der Waals surface area contributed by atoms with E-state index in [1.54, 1.807) is 7.11 Å². The third-order valence-electron chi connectivity index (χ3n) is 7.58. The number of hydrogen-bond donors (Lipinski definition) is 1. The standard InChI is InChI=1S/C21H27NO3/c1-4-15-5-6-18(19(22)12(15)2)21(23-3)20(24-25-21)16-8-13-7-14(10-16)11-17(20)9-13/h4-6,13-14,16-17H,1,7-11,22H2,2-3H3. The first-order valence-corrected chi connectivity index (χ1v) is 9.49. The fourth-order valence-corrected chi connectivity index (χ4v) is 6.58. The van der Waals surface area contributed by atoms with Crippen molar-refractivity contribution in [1.29, 1.82) is 0 Å². The number of hydrogen-bond acceptors (Lipinski definition) is 4. The van der Waals surface area contributed by atoms with Crippen LogP contribution in [0, 0.1) is 30.6 Å². The maximum Gasteiger partial charge on any atom is 0.262 e. The van der Waals surface area contributed by atoms with Crippen LogP contribution in [0.1, 0.15) is 48.8 Å². The molecule has 1 aromatic carbocycles. The molecule has 6 rings (SSSR count). The van der Waals surface area contributed by atoms with E-state index in [9.17, 15) is 0 Å². The topological polar surface area (TPSA) is 53.7 Å². The average molecular weight is 341 g/mol.